The Morgan fingerprint density at radius 3 is 2.58 bits per heavy atom. The van der Waals surface area contributed by atoms with Crippen molar-refractivity contribution in [3.05, 3.63) is 120 Å². The quantitative estimate of drug-likeness (QED) is 0.167. The Kier molecular flexibility index (Phi) is 7.32. The van der Waals surface area contributed by atoms with Crippen molar-refractivity contribution in [3.63, 3.8) is 0 Å². The number of nitrogens with zero attached hydrogens (tertiary/aromatic N) is 3. The number of H-pyrrole nitrogens is 2. The Morgan fingerprint density at radius 1 is 0.867 bits per heavy atom. The number of hydrogen-bond acceptors (Lipinski definition) is 6. The monoisotopic (exact) mass is 618 g/mol. The molecule has 7 aromatic rings. The van der Waals surface area contributed by atoms with E-state index in [0.717, 1.165) is 50.5 Å². The molecule has 0 atom stereocenters. The first-order valence-corrected chi connectivity index (χ1v) is 16.0. The highest BCUT2D eigenvalue weighted by molar-refractivity contribution is 7.88. The minimum Gasteiger partial charge on any atom is -0.487 e. The molecule has 45 heavy (non-hydrogen) atoms. The third-order valence-electron chi connectivity index (χ3n) is 7.45. The van der Waals surface area contributed by atoms with Gasteiger partial charge in [-0.1, -0.05) is 36.4 Å². The normalized spacial score (nSPS) is 11.8. The molecule has 4 aromatic heterocycles. The van der Waals surface area contributed by atoms with E-state index < -0.39 is 15.8 Å². The maximum Gasteiger partial charge on any atom is 0.209 e. The molecule has 0 unspecified atom stereocenters. The predicted molar refractivity (Wildman–Crippen MR) is 172 cm³/mol. The molecule has 0 spiro atoms. The molecule has 0 aliphatic rings. The third-order valence-corrected chi connectivity index (χ3v) is 8.12. The summed E-state index contributed by atoms with van der Waals surface area (Å²) in [6.45, 7) is 0.428. The molecule has 0 aliphatic carbocycles. The Labute approximate surface area is 258 Å². The molecule has 3 aromatic carbocycles. The van der Waals surface area contributed by atoms with Crippen LogP contribution in [0.5, 0.6) is 5.75 Å². The number of sulfonamides is 1. The fraction of sp³-hybridized carbons (Fsp3) is 0.0882. The van der Waals surface area contributed by atoms with Gasteiger partial charge in [-0.25, -0.2) is 22.5 Å². The van der Waals surface area contributed by atoms with Gasteiger partial charge in [0.1, 0.15) is 29.5 Å². The number of aromatic amines is 2. The van der Waals surface area contributed by atoms with Crippen molar-refractivity contribution in [3.8, 4) is 39.4 Å². The molecule has 7 rings (SSSR count). The zero-order valence-electron chi connectivity index (χ0n) is 24.1. The molecule has 4 heterocycles. The van der Waals surface area contributed by atoms with Gasteiger partial charge in [0.2, 0.25) is 10.0 Å². The van der Waals surface area contributed by atoms with E-state index in [4.69, 9.17) is 4.74 Å². The number of aromatic nitrogens is 5. The van der Waals surface area contributed by atoms with Crippen LogP contribution in [0.2, 0.25) is 0 Å². The second-order valence-electron chi connectivity index (χ2n) is 10.8. The van der Waals surface area contributed by atoms with Crippen molar-refractivity contribution in [2.24, 2.45) is 0 Å². The Balaban J connectivity index is 1.22. The van der Waals surface area contributed by atoms with Crippen LogP contribution in [0.4, 0.5) is 4.39 Å². The number of pyridine rings is 2. The van der Waals surface area contributed by atoms with Crippen molar-refractivity contribution >= 4 is 32.0 Å². The van der Waals surface area contributed by atoms with Gasteiger partial charge in [0.05, 0.1) is 23.7 Å². The zero-order valence-corrected chi connectivity index (χ0v) is 24.9. The van der Waals surface area contributed by atoms with Gasteiger partial charge < -0.3 is 9.72 Å². The lowest BCUT2D eigenvalue weighted by atomic mass is 10.0. The molecule has 0 bridgehead atoms. The number of hydrogen-bond donors (Lipinski definition) is 3. The highest BCUT2D eigenvalue weighted by atomic mass is 32.2. The summed E-state index contributed by atoms with van der Waals surface area (Å²) in [6.07, 6.45) is 6.22. The van der Waals surface area contributed by atoms with Crippen LogP contribution < -0.4 is 9.46 Å². The summed E-state index contributed by atoms with van der Waals surface area (Å²) in [5.74, 6) is 0.207. The van der Waals surface area contributed by atoms with Crippen LogP contribution in [0.15, 0.2) is 104 Å². The summed E-state index contributed by atoms with van der Waals surface area (Å²) in [6, 6.07) is 26.2. The smallest absolute Gasteiger partial charge is 0.209 e. The Bertz CT molecular complexity index is 2280. The zero-order chi connectivity index (χ0) is 31.0. The molecule has 11 heteroatoms. The predicted octanol–water partition coefficient (Wildman–Crippen LogP) is 6.60. The summed E-state index contributed by atoms with van der Waals surface area (Å²) in [5, 5.41) is 9.39. The summed E-state index contributed by atoms with van der Waals surface area (Å²) >= 11 is 0. The van der Waals surface area contributed by atoms with Crippen molar-refractivity contribution in [2.75, 3.05) is 6.26 Å². The van der Waals surface area contributed by atoms with Crippen molar-refractivity contribution < 1.29 is 17.5 Å². The van der Waals surface area contributed by atoms with E-state index in [-0.39, 0.29) is 6.54 Å². The molecule has 0 aliphatic heterocycles. The van der Waals surface area contributed by atoms with Crippen LogP contribution in [0.25, 0.3) is 55.6 Å². The van der Waals surface area contributed by atoms with E-state index in [1.165, 1.54) is 12.1 Å². The van der Waals surface area contributed by atoms with E-state index >= 15 is 0 Å². The summed E-state index contributed by atoms with van der Waals surface area (Å²) in [5.41, 5.74) is 7.71. The van der Waals surface area contributed by atoms with Crippen LogP contribution in [-0.2, 0) is 23.2 Å². The number of nitrogens with one attached hydrogen (secondary N) is 3. The molecule has 224 valence electrons. The van der Waals surface area contributed by atoms with Gasteiger partial charge in [-0.05, 0) is 76.3 Å². The second kappa shape index (κ2) is 11.6. The number of rotatable bonds is 9. The van der Waals surface area contributed by atoms with Gasteiger partial charge in [0, 0.05) is 35.3 Å². The maximum atomic E-state index is 14.6. The number of benzene rings is 3. The molecular formula is C34H27FN6O3S. The SMILES string of the molecule is CS(=O)(=O)NCc1cc(F)cc(-c2ccnc3[nH]c(-c4n[nH]c5ccc(-c6cncc(OCc7ccccc7)c6)cc45)cc23)c1. The first kappa shape index (κ1) is 28.4. The van der Waals surface area contributed by atoms with Crippen LogP contribution in [0, 0.1) is 5.82 Å². The lowest BCUT2D eigenvalue weighted by Gasteiger charge is -2.08. The van der Waals surface area contributed by atoms with Crippen LogP contribution in [0.1, 0.15) is 11.1 Å². The highest BCUT2D eigenvalue weighted by Crippen LogP contribution is 2.35. The Hall–Kier alpha value is -5.39. The molecule has 9 nitrogen and oxygen atoms in total. The van der Waals surface area contributed by atoms with E-state index in [2.05, 4.69) is 35.9 Å². The summed E-state index contributed by atoms with van der Waals surface area (Å²) in [7, 11) is -3.43. The van der Waals surface area contributed by atoms with E-state index in [1.54, 1.807) is 24.7 Å². The molecule has 3 N–H and O–H groups in total. The van der Waals surface area contributed by atoms with Gasteiger partial charge >= 0.3 is 0 Å². The van der Waals surface area contributed by atoms with Gasteiger partial charge in [0.15, 0.2) is 0 Å². The summed E-state index contributed by atoms with van der Waals surface area (Å²) < 4.78 is 46.2. The number of fused-ring (bicyclic) bond motifs is 2. The van der Waals surface area contributed by atoms with E-state index in [1.807, 2.05) is 60.7 Å². The number of halogens is 1. The van der Waals surface area contributed by atoms with Crippen LogP contribution >= 0.6 is 0 Å². The second-order valence-corrected chi connectivity index (χ2v) is 12.6. The molecule has 0 fully saturated rings. The van der Waals surface area contributed by atoms with Crippen molar-refractivity contribution in [1.29, 1.82) is 0 Å². The standard InChI is InChI=1S/C34H27FN6O3S/c1-45(42,43)38-17-22-11-24(13-26(35)12-22)28-9-10-37-34-29(28)16-32(39-34)33-30-15-23(7-8-31(30)40-41-33)25-14-27(19-36-18-25)44-20-21-5-3-2-4-6-21/h2-16,18-19,38H,17,20H2,1H3,(H,37,39)(H,40,41). The third kappa shape index (κ3) is 6.17. The highest BCUT2D eigenvalue weighted by Gasteiger charge is 2.16. The molecule has 0 saturated heterocycles. The molecule has 0 saturated carbocycles. The fourth-order valence-corrected chi connectivity index (χ4v) is 5.75. The van der Waals surface area contributed by atoms with Crippen molar-refractivity contribution in [2.45, 2.75) is 13.2 Å². The van der Waals surface area contributed by atoms with Gasteiger partial charge in [-0.2, -0.15) is 5.10 Å². The first-order chi connectivity index (χ1) is 21.8. The Morgan fingerprint density at radius 2 is 1.73 bits per heavy atom. The van der Waals surface area contributed by atoms with Gasteiger partial charge in [0.25, 0.3) is 0 Å². The number of ether oxygens (including phenoxy) is 1. The minimum absolute atomic E-state index is 0.0185. The van der Waals surface area contributed by atoms with Crippen molar-refractivity contribution in [1.82, 2.24) is 29.9 Å². The average molecular weight is 619 g/mol. The van der Waals surface area contributed by atoms with E-state index in [0.29, 0.717) is 34.8 Å². The van der Waals surface area contributed by atoms with Crippen LogP contribution in [0.3, 0.4) is 0 Å². The van der Waals surface area contributed by atoms with Gasteiger partial charge in [-0.15, -0.1) is 0 Å². The lowest BCUT2D eigenvalue weighted by molar-refractivity contribution is 0.305. The lowest BCUT2D eigenvalue weighted by Crippen LogP contribution is -2.21. The molecular weight excluding hydrogens is 591 g/mol. The molecule has 0 radical (unpaired) electrons. The molecule has 0 amide bonds. The topological polar surface area (TPSA) is 126 Å². The summed E-state index contributed by atoms with van der Waals surface area (Å²) in [4.78, 5) is 12.3. The first-order valence-electron chi connectivity index (χ1n) is 14.1. The van der Waals surface area contributed by atoms with E-state index in [9.17, 15) is 12.8 Å². The average Bonchev–Trinajstić information content (AvgIpc) is 3.67. The van der Waals surface area contributed by atoms with Gasteiger partial charge in [-0.3, -0.25) is 10.1 Å². The fourth-order valence-electron chi connectivity index (χ4n) is 5.32. The largest absolute Gasteiger partial charge is 0.487 e. The maximum absolute atomic E-state index is 14.6. The minimum atomic E-state index is -3.43. The van der Waals surface area contributed by atoms with Crippen LogP contribution in [-0.4, -0.2) is 39.8 Å².